The molecule has 1 aliphatic heterocycles. The van der Waals surface area contributed by atoms with Crippen LogP contribution in [-0.2, 0) is 11.3 Å². The summed E-state index contributed by atoms with van der Waals surface area (Å²) >= 11 is 0. The van der Waals surface area contributed by atoms with Gasteiger partial charge in [0.05, 0.1) is 12.5 Å². The third kappa shape index (κ3) is 4.06. The largest absolute Gasteiger partial charge is 0.472 e. The van der Waals surface area contributed by atoms with Crippen molar-refractivity contribution in [3.63, 3.8) is 0 Å². The van der Waals surface area contributed by atoms with Gasteiger partial charge in [-0.05, 0) is 32.4 Å². The molecule has 2 atom stereocenters. The van der Waals surface area contributed by atoms with Gasteiger partial charge in [-0.25, -0.2) is 0 Å². The van der Waals surface area contributed by atoms with E-state index in [1.165, 1.54) is 0 Å². The van der Waals surface area contributed by atoms with E-state index in [1.54, 1.807) is 12.5 Å². The van der Waals surface area contributed by atoms with Crippen LogP contribution in [0.4, 0.5) is 0 Å². The first-order chi connectivity index (χ1) is 7.75. The summed E-state index contributed by atoms with van der Waals surface area (Å²) in [6, 6.07) is 2.31. The Labute approximate surface area is 108 Å². The second-order valence-corrected chi connectivity index (χ2v) is 4.43. The minimum absolute atomic E-state index is 0. The Morgan fingerprint density at radius 2 is 2.47 bits per heavy atom. The van der Waals surface area contributed by atoms with E-state index in [-0.39, 0.29) is 24.2 Å². The van der Waals surface area contributed by atoms with Crippen LogP contribution in [0.25, 0.3) is 0 Å². The number of carbonyl (C=O) groups is 1. The number of carbonyl (C=O) groups excluding carboxylic acids is 1. The number of hydrogen-bond donors (Lipinski definition) is 2. The molecule has 2 rings (SSSR count). The number of nitrogens with one attached hydrogen (secondary N) is 2. The smallest absolute Gasteiger partial charge is 0.223 e. The first-order valence-electron chi connectivity index (χ1n) is 5.78. The molecule has 2 N–H and O–H groups in total. The van der Waals surface area contributed by atoms with Crippen molar-refractivity contribution in [1.29, 1.82) is 0 Å². The van der Waals surface area contributed by atoms with Crippen LogP contribution in [0.2, 0.25) is 0 Å². The standard InChI is InChI=1S/C12H18N2O2.ClH/c1-9-6-11(2-4-13-9)12(15)14-7-10-3-5-16-8-10;/h3,5,8-9,11,13H,2,4,6-7H2,1H3,(H,14,15);1H/t9-,11-;/m0./s1. The van der Waals surface area contributed by atoms with Gasteiger partial charge in [0.2, 0.25) is 5.91 Å². The van der Waals surface area contributed by atoms with Gasteiger partial charge in [-0.1, -0.05) is 0 Å². The molecule has 4 nitrogen and oxygen atoms in total. The fourth-order valence-corrected chi connectivity index (χ4v) is 2.10. The van der Waals surface area contributed by atoms with Crippen LogP contribution in [0.1, 0.15) is 25.3 Å². The maximum absolute atomic E-state index is 11.9. The zero-order valence-corrected chi connectivity index (χ0v) is 10.8. The second kappa shape index (κ2) is 6.67. The van der Waals surface area contributed by atoms with Crippen molar-refractivity contribution in [1.82, 2.24) is 10.6 Å². The van der Waals surface area contributed by atoms with Crippen LogP contribution in [0.5, 0.6) is 0 Å². The van der Waals surface area contributed by atoms with Crippen molar-refractivity contribution in [2.45, 2.75) is 32.4 Å². The Hall–Kier alpha value is -1.00. The van der Waals surface area contributed by atoms with Crippen LogP contribution < -0.4 is 10.6 Å². The molecule has 0 aromatic carbocycles. The average molecular weight is 259 g/mol. The highest BCUT2D eigenvalue weighted by atomic mass is 35.5. The van der Waals surface area contributed by atoms with Gasteiger partial charge in [0.25, 0.3) is 0 Å². The van der Waals surface area contributed by atoms with Gasteiger partial charge >= 0.3 is 0 Å². The van der Waals surface area contributed by atoms with Crippen LogP contribution >= 0.6 is 12.4 Å². The SMILES string of the molecule is C[C@H]1C[C@@H](C(=O)NCc2ccoc2)CCN1.Cl. The molecular weight excluding hydrogens is 240 g/mol. The summed E-state index contributed by atoms with van der Waals surface area (Å²) < 4.78 is 4.95. The zero-order valence-electron chi connectivity index (χ0n) is 9.94. The van der Waals surface area contributed by atoms with E-state index in [0.29, 0.717) is 12.6 Å². The minimum atomic E-state index is 0. The Balaban J connectivity index is 0.00000144. The molecule has 17 heavy (non-hydrogen) atoms. The summed E-state index contributed by atoms with van der Waals surface area (Å²) in [4.78, 5) is 11.9. The molecular formula is C12H19ClN2O2. The van der Waals surface area contributed by atoms with Gasteiger partial charge in [0.1, 0.15) is 0 Å². The topological polar surface area (TPSA) is 54.3 Å². The van der Waals surface area contributed by atoms with Gasteiger partial charge in [-0.15, -0.1) is 12.4 Å². The van der Waals surface area contributed by atoms with E-state index in [0.717, 1.165) is 24.9 Å². The molecule has 1 fully saturated rings. The Morgan fingerprint density at radius 3 is 3.12 bits per heavy atom. The van der Waals surface area contributed by atoms with Crippen molar-refractivity contribution >= 4 is 18.3 Å². The molecule has 5 heteroatoms. The van der Waals surface area contributed by atoms with Gasteiger partial charge in [0.15, 0.2) is 0 Å². The summed E-state index contributed by atoms with van der Waals surface area (Å²) in [6.07, 6.45) is 5.14. The van der Waals surface area contributed by atoms with Crippen molar-refractivity contribution in [2.24, 2.45) is 5.92 Å². The van der Waals surface area contributed by atoms with E-state index in [4.69, 9.17) is 4.42 Å². The van der Waals surface area contributed by atoms with E-state index < -0.39 is 0 Å². The van der Waals surface area contributed by atoms with Crippen LogP contribution in [0, 0.1) is 5.92 Å². The monoisotopic (exact) mass is 258 g/mol. The van der Waals surface area contributed by atoms with Gasteiger partial charge in [-0.3, -0.25) is 4.79 Å². The molecule has 2 heterocycles. The van der Waals surface area contributed by atoms with Gasteiger partial charge < -0.3 is 15.1 Å². The molecule has 0 aliphatic carbocycles. The van der Waals surface area contributed by atoms with E-state index in [1.807, 2.05) is 6.07 Å². The summed E-state index contributed by atoms with van der Waals surface area (Å²) in [6.45, 7) is 3.62. The highest BCUT2D eigenvalue weighted by Crippen LogP contribution is 2.16. The van der Waals surface area contributed by atoms with Crippen LogP contribution in [0.15, 0.2) is 23.0 Å². The van der Waals surface area contributed by atoms with E-state index in [2.05, 4.69) is 17.6 Å². The lowest BCUT2D eigenvalue weighted by Crippen LogP contribution is -2.42. The minimum Gasteiger partial charge on any atom is -0.472 e. The quantitative estimate of drug-likeness (QED) is 0.868. The summed E-state index contributed by atoms with van der Waals surface area (Å²) in [5, 5.41) is 6.29. The van der Waals surface area contributed by atoms with Crippen LogP contribution in [0.3, 0.4) is 0 Å². The number of halogens is 1. The molecule has 1 aliphatic rings. The Bertz CT molecular complexity index is 340. The van der Waals surface area contributed by atoms with Crippen molar-refractivity contribution < 1.29 is 9.21 Å². The fourth-order valence-electron chi connectivity index (χ4n) is 2.10. The number of piperidine rings is 1. The normalized spacial score (nSPS) is 23.8. The third-order valence-electron chi connectivity index (χ3n) is 3.04. The zero-order chi connectivity index (χ0) is 11.4. The maximum atomic E-state index is 11.9. The first kappa shape index (κ1) is 14.1. The number of rotatable bonds is 3. The molecule has 96 valence electrons. The van der Waals surface area contributed by atoms with E-state index >= 15 is 0 Å². The van der Waals surface area contributed by atoms with Crippen molar-refractivity contribution in [3.05, 3.63) is 24.2 Å². The summed E-state index contributed by atoms with van der Waals surface area (Å²) in [5.74, 6) is 0.317. The van der Waals surface area contributed by atoms with Gasteiger partial charge in [0, 0.05) is 24.1 Å². The molecule has 1 amide bonds. The number of hydrogen-bond acceptors (Lipinski definition) is 3. The molecule has 0 spiro atoms. The summed E-state index contributed by atoms with van der Waals surface area (Å²) in [7, 11) is 0. The third-order valence-corrected chi connectivity index (χ3v) is 3.04. The molecule has 0 saturated carbocycles. The first-order valence-corrected chi connectivity index (χ1v) is 5.78. The Morgan fingerprint density at radius 1 is 1.65 bits per heavy atom. The molecule has 0 unspecified atom stereocenters. The highest BCUT2D eigenvalue weighted by Gasteiger charge is 2.24. The van der Waals surface area contributed by atoms with Crippen molar-refractivity contribution in [2.75, 3.05) is 6.54 Å². The second-order valence-electron chi connectivity index (χ2n) is 4.43. The lowest BCUT2D eigenvalue weighted by molar-refractivity contribution is -0.126. The molecule has 0 bridgehead atoms. The molecule has 1 aromatic heterocycles. The lowest BCUT2D eigenvalue weighted by Gasteiger charge is -2.27. The van der Waals surface area contributed by atoms with E-state index in [9.17, 15) is 4.79 Å². The predicted molar refractivity (Wildman–Crippen MR) is 68.0 cm³/mol. The van der Waals surface area contributed by atoms with Crippen LogP contribution in [-0.4, -0.2) is 18.5 Å². The highest BCUT2D eigenvalue weighted by molar-refractivity contribution is 5.85. The number of amides is 1. The Kier molecular flexibility index (Phi) is 5.51. The average Bonchev–Trinajstić information content (AvgIpc) is 2.78. The number of furan rings is 1. The maximum Gasteiger partial charge on any atom is 0.223 e. The molecule has 1 saturated heterocycles. The fraction of sp³-hybridized carbons (Fsp3) is 0.583. The molecule has 0 radical (unpaired) electrons. The van der Waals surface area contributed by atoms with Crippen molar-refractivity contribution in [3.8, 4) is 0 Å². The predicted octanol–water partition coefficient (Wildman–Crippen LogP) is 1.71. The lowest BCUT2D eigenvalue weighted by atomic mass is 9.92. The van der Waals surface area contributed by atoms with Gasteiger partial charge in [-0.2, -0.15) is 0 Å². The summed E-state index contributed by atoms with van der Waals surface area (Å²) in [5.41, 5.74) is 1.01. The molecule has 1 aromatic rings.